The number of rotatable bonds is 4. The minimum atomic E-state index is -0.347. The molecule has 0 saturated heterocycles. The van der Waals surface area contributed by atoms with Gasteiger partial charge in [0.05, 0.1) is 11.8 Å². The van der Waals surface area contributed by atoms with Crippen molar-refractivity contribution in [3.63, 3.8) is 0 Å². The fraction of sp³-hybridized carbons (Fsp3) is 0.500. The van der Waals surface area contributed by atoms with Gasteiger partial charge < -0.3 is 5.11 Å². The Balaban J connectivity index is 1.82. The third kappa shape index (κ3) is 2.75. The summed E-state index contributed by atoms with van der Waals surface area (Å²) in [5.74, 6) is 0.298. The van der Waals surface area contributed by atoms with E-state index in [1.54, 1.807) is 0 Å². The van der Waals surface area contributed by atoms with E-state index >= 15 is 0 Å². The maximum absolute atomic E-state index is 10.7. The third-order valence-electron chi connectivity index (χ3n) is 4.65. The van der Waals surface area contributed by atoms with Crippen LogP contribution < -0.4 is 0 Å². The van der Waals surface area contributed by atoms with Crippen LogP contribution in [0.5, 0.6) is 0 Å². The Labute approximate surface area is 126 Å². The van der Waals surface area contributed by atoms with Crippen molar-refractivity contribution in [2.75, 3.05) is 0 Å². The van der Waals surface area contributed by atoms with Gasteiger partial charge in [-0.3, -0.25) is 4.68 Å². The van der Waals surface area contributed by atoms with E-state index in [9.17, 15) is 5.11 Å². The van der Waals surface area contributed by atoms with Crippen molar-refractivity contribution in [2.24, 2.45) is 5.92 Å². The molecule has 2 atom stereocenters. The van der Waals surface area contributed by atoms with Crippen molar-refractivity contribution in [3.05, 3.63) is 52.8 Å². The van der Waals surface area contributed by atoms with Crippen molar-refractivity contribution < 1.29 is 5.11 Å². The molecule has 3 nitrogen and oxygen atoms in total. The molecule has 1 aromatic carbocycles. The number of hydrogen-bond donors (Lipinski definition) is 1. The van der Waals surface area contributed by atoms with Crippen LogP contribution in [0.3, 0.4) is 0 Å². The highest BCUT2D eigenvalue weighted by Gasteiger charge is 2.28. The third-order valence-corrected chi connectivity index (χ3v) is 4.65. The number of aliphatic hydroxyl groups is 1. The van der Waals surface area contributed by atoms with E-state index in [2.05, 4.69) is 47.9 Å². The van der Waals surface area contributed by atoms with E-state index in [0.717, 1.165) is 43.5 Å². The fourth-order valence-corrected chi connectivity index (χ4v) is 3.41. The van der Waals surface area contributed by atoms with Gasteiger partial charge in [0, 0.05) is 12.2 Å². The smallest absolute Gasteiger partial charge is 0.0824 e. The summed E-state index contributed by atoms with van der Waals surface area (Å²) in [6.07, 6.45) is 3.65. The highest BCUT2D eigenvalue weighted by Crippen LogP contribution is 2.36. The molecule has 1 heterocycles. The Kier molecular flexibility index (Phi) is 4.11. The van der Waals surface area contributed by atoms with Gasteiger partial charge >= 0.3 is 0 Å². The van der Waals surface area contributed by atoms with Crippen molar-refractivity contribution in [3.8, 4) is 0 Å². The number of aliphatic hydroxyl groups excluding tert-OH is 1. The number of nitrogens with zero attached hydrogens (tertiary/aromatic N) is 2. The van der Waals surface area contributed by atoms with Gasteiger partial charge in [0.25, 0.3) is 0 Å². The molecule has 0 radical (unpaired) electrons. The molecule has 2 aromatic rings. The Morgan fingerprint density at radius 2 is 2.10 bits per heavy atom. The lowest BCUT2D eigenvalue weighted by Crippen LogP contribution is -2.23. The summed E-state index contributed by atoms with van der Waals surface area (Å²) < 4.78 is 2.09. The molecule has 0 saturated carbocycles. The Morgan fingerprint density at radius 1 is 1.29 bits per heavy atom. The lowest BCUT2D eigenvalue weighted by atomic mass is 9.79. The molecule has 0 aliphatic heterocycles. The molecule has 0 fully saturated rings. The van der Waals surface area contributed by atoms with Crippen LogP contribution in [0, 0.1) is 5.92 Å². The average molecular weight is 284 g/mol. The van der Waals surface area contributed by atoms with Crippen molar-refractivity contribution in [1.82, 2.24) is 9.78 Å². The molecule has 0 bridgehead atoms. The first-order chi connectivity index (χ1) is 10.2. The van der Waals surface area contributed by atoms with Gasteiger partial charge in [0.15, 0.2) is 0 Å². The molecule has 2 unspecified atom stereocenters. The Morgan fingerprint density at radius 3 is 2.86 bits per heavy atom. The Hall–Kier alpha value is -1.61. The summed E-state index contributed by atoms with van der Waals surface area (Å²) in [4.78, 5) is 0. The normalized spacial score (nSPS) is 21.3. The van der Waals surface area contributed by atoms with Crippen molar-refractivity contribution in [1.29, 1.82) is 0 Å². The second-order valence-electron chi connectivity index (χ2n) is 5.94. The van der Waals surface area contributed by atoms with Crippen LogP contribution in [0.1, 0.15) is 48.9 Å². The molecule has 1 aliphatic rings. The number of fused-ring (bicyclic) bond motifs is 1. The van der Waals surface area contributed by atoms with Crippen molar-refractivity contribution >= 4 is 0 Å². The first-order valence-electron chi connectivity index (χ1n) is 8.04. The summed E-state index contributed by atoms with van der Waals surface area (Å²) in [5.41, 5.74) is 4.84. The zero-order valence-corrected chi connectivity index (χ0v) is 12.9. The number of aryl methyl sites for hydroxylation is 3. The monoisotopic (exact) mass is 284 g/mol. The maximum atomic E-state index is 10.7. The van der Waals surface area contributed by atoms with Crippen LogP contribution in [-0.2, 0) is 25.8 Å². The van der Waals surface area contributed by atoms with Crippen LogP contribution >= 0.6 is 0 Å². The number of hydrogen-bond acceptors (Lipinski definition) is 2. The lowest BCUT2D eigenvalue weighted by molar-refractivity contribution is 0.0924. The summed E-state index contributed by atoms with van der Waals surface area (Å²) >= 11 is 0. The molecular weight excluding hydrogens is 260 g/mol. The largest absolute Gasteiger partial charge is 0.388 e. The molecule has 1 aromatic heterocycles. The predicted octanol–water partition coefficient (Wildman–Crippen LogP) is 3.30. The minimum Gasteiger partial charge on any atom is -0.388 e. The molecule has 0 amide bonds. The van der Waals surface area contributed by atoms with E-state index in [1.165, 1.54) is 11.3 Å². The summed E-state index contributed by atoms with van der Waals surface area (Å²) in [6, 6.07) is 10.5. The van der Waals surface area contributed by atoms with Gasteiger partial charge in [0.2, 0.25) is 0 Å². The average Bonchev–Trinajstić information content (AvgIpc) is 2.92. The van der Waals surface area contributed by atoms with Gasteiger partial charge in [-0.1, -0.05) is 31.2 Å². The topological polar surface area (TPSA) is 38.0 Å². The SMILES string of the molecule is CCc1cc(CC2CCc3ccccc3C2O)n(CC)n1. The van der Waals surface area contributed by atoms with Crippen molar-refractivity contribution in [2.45, 2.75) is 52.2 Å². The predicted molar refractivity (Wildman–Crippen MR) is 84.2 cm³/mol. The van der Waals surface area contributed by atoms with Gasteiger partial charge in [-0.05, 0) is 55.7 Å². The van der Waals surface area contributed by atoms with Gasteiger partial charge in [-0.2, -0.15) is 5.10 Å². The van der Waals surface area contributed by atoms with Crippen LogP contribution in [0.4, 0.5) is 0 Å². The summed E-state index contributed by atoms with van der Waals surface area (Å²) in [5, 5.41) is 15.3. The molecule has 3 rings (SSSR count). The molecule has 21 heavy (non-hydrogen) atoms. The van der Waals surface area contributed by atoms with E-state index in [-0.39, 0.29) is 6.10 Å². The quantitative estimate of drug-likeness (QED) is 0.935. The second kappa shape index (κ2) is 6.02. The lowest BCUT2D eigenvalue weighted by Gasteiger charge is -2.30. The van der Waals surface area contributed by atoms with Gasteiger partial charge in [-0.25, -0.2) is 0 Å². The second-order valence-corrected chi connectivity index (χ2v) is 5.94. The van der Waals surface area contributed by atoms with Gasteiger partial charge in [-0.15, -0.1) is 0 Å². The standard InChI is InChI=1S/C18H24N2O/c1-3-15-12-16(20(4-2)19-15)11-14-10-9-13-7-5-6-8-17(13)18(14)21/h5-8,12,14,18,21H,3-4,9-11H2,1-2H3. The number of benzene rings is 1. The first kappa shape index (κ1) is 14.3. The molecule has 112 valence electrons. The van der Waals surface area contributed by atoms with Gasteiger partial charge in [0.1, 0.15) is 0 Å². The van der Waals surface area contributed by atoms with Crippen LogP contribution in [0.15, 0.2) is 30.3 Å². The summed E-state index contributed by atoms with van der Waals surface area (Å²) in [6.45, 7) is 5.16. The zero-order chi connectivity index (χ0) is 14.8. The first-order valence-corrected chi connectivity index (χ1v) is 8.04. The van der Waals surface area contributed by atoms with Crippen LogP contribution in [0.2, 0.25) is 0 Å². The van der Waals surface area contributed by atoms with E-state index in [0.29, 0.717) is 5.92 Å². The minimum absolute atomic E-state index is 0.298. The van der Waals surface area contributed by atoms with Crippen LogP contribution in [0.25, 0.3) is 0 Å². The van der Waals surface area contributed by atoms with E-state index in [1.807, 2.05) is 6.07 Å². The molecule has 1 aliphatic carbocycles. The highest BCUT2D eigenvalue weighted by atomic mass is 16.3. The molecule has 3 heteroatoms. The molecule has 1 N–H and O–H groups in total. The Bertz CT molecular complexity index is 617. The molecule has 0 spiro atoms. The summed E-state index contributed by atoms with van der Waals surface area (Å²) in [7, 11) is 0. The number of aromatic nitrogens is 2. The fourth-order valence-electron chi connectivity index (χ4n) is 3.41. The van der Waals surface area contributed by atoms with E-state index < -0.39 is 0 Å². The highest BCUT2D eigenvalue weighted by molar-refractivity contribution is 5.32. The molecular formula is C18H24N2O. The maximum Gasteiger partial charge on any atom is 0.0824 e. The van der Waals surface area contributed by atoms with Crippen LogP contribution in [-0.4, -0.2) is 14.9 Å². The zero-order valence-electron chi connectivity index (χ0n) is 12.9. The van der Waals surface area contributed by atoms with E-state index in [4.69, 9.17) is 0 Å².